The molecule has 27 heavy (non-hydrogen) atoms. The number of rotatable bonds is 4. The van der Waals surface area contributed by atoms with Crippen LogP contribution in [0.2, 0.25) is 0 Å². The normalized spacial score (nSPS) is 17.4. The van der Waals surface area contributed by atoms with E-state index in [-0.39, 0.29) is 5.88 Å². The number of para-hydroxylation sites is 1. The Morgan fingerprint density at radius 1 is 1.11 bits per heavy atom. The summed E-state index contributed by atoms with van der Waals surface area (Å²) in [7, 11) is 0.879. The van der Waals surface area contributed by atoms with Gasteiger partial charge in [0.2, 0.25) is 5.88 Å². The van der Waals surface area contributed by atoms with Crippen LogP contribution in [0.1, 0.15) is 27.7 Å². The van der Waals surface area contributed by atoms with Crippen molar-refractivity contribution in [3.8, 4) is 11.6 Å². The van der Waals surface area contributed by atoms with E-state index in [0.717, 1.165) is 0 Å². The topological polar surface area (TPSA) is 78.9 Å². The molecule has 0 radical (unpaired) electrons. The molecule has 0 bridgehead atoms. The first-order valence-electron chi connectivity index (χ1n) is 8.65. The van der Waals surface area contributed by atoms with Crippen LogP contribution in [0.5, 0.6) is 11.6 Å². The molecule has 3 rings (SSSR count). The molecule has 1 amide bonds. The first kappa shape index (κ1) is 19.2. The molecule has 2 heterocycles. The maximum Gasteiger partial charge on any atom is 0.496 e. The number of carbonyl (C=O) groups is 1. The standard InChI is InChI=1S/C19H23BN2O5/c1-18(2)19(3,4)27-20(26-18)13-11-15(16(24-5)21-12-13)22-17(23)25-14-9-7-6-8-10-14/h6-12H,1-5H3,(H,22,23). The molecule has 1 aromatic carbocycles. The molecule has 0 unspecified atom stereocenters. The summed E-state index contributed by atoms with van der Waals surface area (Å²) in [6, 6.07) is 10.5. The molecule has 0 atom stereocenters. The number of nitrogens with zero attached hydrogens (tertiary/aromatic N) is 1. The van der Waals surface area contributed by atoms with Gasteiger partial charge < -0.3 is 18.8 Å². The van der Waals surface area contributed by atoms with Crippen molar-refractivity contribution < 1.29 is 23.6 Å². The van der Waals surface area contributed by atoms with E-state index >= 15 is 0 Å². The molecule has 1 aromatic heterocycles. The van der Waals surface area contributed by atoms with E-state index in [9.17, 15) is 4.79 Å². The van der Waals surface area contributed by atoms with E-state index in [4.69, 9.17) is 18.8 Å². The molecular weight excluding hydrogens is 347 g/mol. The van der Waals surface area contributed by atoms with Crippen molar-refractivity contribution in [2.24, 2.45) is 0 Å². The molecule has 2 aromatic rings. The van der Waals surface area contributed by atoms with E-state index in [0.29, 0.717) is 16.9 Å². The van der Waals surface area contributed by atoms with Gasteiger partial charge in [-0.25, -0.2) is 9.78 Å². The molecular formula is C19H23BN2O5. The molecule has 8 heteroatoms. The van der Waals surface area contributed by atoms with Gasteiger partial charge in [-0.2, -0.15) is 0 Å². The van der Waals surface area contributed by atoms with Crippen LogP contribution in [0.15, 0.2) is 42.6 Å². The molecule has 1 fully saturated rings. The second-order valence-corrected chi connectivity index (χ2v) is 7.24. The van der Waals surface area contributed by atoms with Gasteiger partial charge in [-0.05, 0) is 45.9 Å². The summed E-state index contributed by atoms with van der Waals surface area (Å²) in [6.07, 6.45) is 0.960. The largest absolute Gasteiger partial charge is 0.496 e. The zero-order valence-electron chi connectivity index (χ0n) is 16.1. The first-order valence-corrected chi connectivity index (χ1v) is 8.65. The fourth-order valence-corrected chi connectivity index (χ4v) is 2.56. The lowest BCUT2D eigenvalue weighted by molar-refractivity contribution is 0.00578. The summed E-state index contributed by atoms with van der Waals surface area (Å²) in [5.41, 5.74) is 0.0876. The summed E-state index contributed by atoms with van der Waals surface area (Å²) < 4.78 is 22.6. The van der Waals surface area contributed by atoms with Crippen LogP contribution in [-0.4, -0.2) is 36.5 Å². The fourth-order valence-electron chi connectivity index (χ4n) is 2.56. The lowest BCUT2D eigenvalue weighted by atomic mass is 9.80. The number of methoxy groups -OCH3 is 1. The average molecular weight is 370 g/mol. The number of aromatic nitrogens is 1. The number of anilines is 1. The lowest BCUT2D eigenvalue weighted by Gasteiger charge is -2.32. The average Bonchev–Trinajstić information content (AvgIpc) is 2.83. The molecule has 0 spiro atoms. The maximum absolute atomic E-state index is 12.2. The Morgan fingerprint density at radius 3 is 2.33 bits per heavy atom. The van der Waals surface area contributed by atoms with Gasteiger partial charge in [0.05, 0.1) is 18.3 Å². The van der Waals surface area contributed by atoms with Crippen LogP contribution >= 0.6 is 0 Å². The van der Waals surface area contributed by atoms with E-state index in [1.807, 2.05) is 33.8 Å². The third-order valence-electron chi connectivity index (χ3n) is 4.78. The van der Waals surface area contributed by atoms with Gasteiger partial charge in [0.1, 0.15) is 11.4 Å². The van der Waals surface area contributed by atoms with Crippen LogP contribution in [0.25, 0.3) is 0 Å². The third kappa shape index (κ3) is 4.07. The van der Waals surface area contributed by atoms with E-state index < -0.39 is 24.4 Å². The van der Waals surface area contributed by atoms with Gasteiger partial charge in [0.25, 0.3) is 0 Å². The summed E-state index contributed by atoms with van der Waals surface area (Å²) >= 11 is 0. The highest BCUT2D eigenvalue weighted by Crippen LogP contribution is 2.36. The molecule has 7 nitrogen and oxygen atoms in total. The highest BCUT2D eigenvalue weighted by molar-refractivity contribution is 6.62. The van der Waals surface area contributed by atoms with Crippen LogP contribution in [-0.2, 0) is 9.31 Å². The van der Waals surface area contributed by atoms with Gasteiger partial charge in [0.15, 0.2) is 0 Å². The van der Waals surface area contributed by atoms with Crippen molar-refractivity contribution in [3.05, 3.63) is 42.6 Å². The van der Waals surface area contributed by atoms with E-state index in [2.05, 4.69) is 10.3 Å². The number of amides is 1. The van der Waals surface area contributed by atoms with Gasteiger partial charge in [-0.1, -0.05) is 18.2 Å². The second-order valence-electron chi connectivity index (χ2n) is 7.24. The van der Waals surface area contributed by atoms with Crippen molar-refractivity contribution in [1.29, 1.82) is 0 Å². The van der Waals surface area contributed by atoms with Crippen molar-refractivity contribution in [1.82, 2.24) is 4.98 Å². The van der Waals surface area contributed by atoms with Gasteiger partial charge >= 0.3 is 13.2 Å². The summed E-state index contributed by atoms with van der Waals surface area (Å²) in [5, 5.41) is 2.66. The zero-order chi connectivity index (χ0) is 19.7. The Bertz CT molecular complexity index is 810. The van der Waals surface area contributed by atoms with E-state index in [1.54, 1.807) is 36.5 Å². The highest BCUT2D eigenvalue weighted by atomic mass is 16.7. The number of ether oxygens (including phenoxy) is 2. The number of pyridine rings is 1. The fraction of sp³-hybridized carbons (Fsp3) is 0.368. The minimum atomic E-state index is -0.646. The molecule has 1 N–H and O–H groups in total. The molecule has 1 aliphatic heterocycles. The van der Waals surface area contributed by atoms with Gasteiger partial charge in [-0.3, -0.25) is 5.32 Å². The number of carbonyl (C=O) groups excluding carboxylic acids is 1. The van der Waals surface area contributed by atoms with Crippen molar-refractivity contribution >= 4 is 24.4 Å². The van der Waals surface area contributed by atoms with Gasteiger partial charge in [0, 0.05) is 11.7 Å². The molecule has 0 saturated carbocycles. The van der Waals surface area contributed by atoms with Crippen LogP contribution in [0, 0.1) is 0 Å². The number of nitrogens with one attached hydrogen (secondary N) is 1. The predicted octanol–water partition coefficient (Wildman–Crippen LogP) is 3.00. The Hall–Kier alpha value is -2.58. The van der Waals surface area contributed by atoms with Gasteiger partial charge in [-0.15, -0.1) is 0 Å². The molecule has 0 aliphatic carbocycles. The number of benzene rings is 1. The Morgan fingerprint density at radius 2 is 1.74 bits per heavy atom. The van der Waals surface area contributed by atoms with Crippen molar-refractivity contribution in [3.63, 3.8) is 0 Å². The molecule has 1 aliphatic rings. The number of hydrogen-bond acceptors (Lipinski definition) is 6. The SMILES string of the molecule is COc1ncc(B2OC(C)(C)C(C)(C)O2)cc1NC(=O)Oc1ccccc1. The highest BCUT2D eigenvalue weighted by Gasteiger charge is 2.52. The van der Waals surface area contributed by atoms with Crippen LogP contribution < -0.4 is 20.3 Å². The summed E-state index contributed by atoms with van der Waals surface area (Å²) in [4.78, 5) is 16.5. The first-order chi connectivity index (χ1) is 12.7. The minimum absolute atomic E-state index is 0.264. The molecule has 1 saturated heterocycles. The van der Waals surface area contributed by atoms with Crippen LogP contribution in [0.3, 0.4) is 0 Å². The quantitative estimate of drug-likeness (QED) is 0.834. The monoisotopic (exact) mass is 370 g/mol. The second kappa shape index (κ2) is 7.21. The zero-order valence-corrected chi connectivity index (χ0v) is 16.1. The Balaban J connectivity index is 1.79. The Kier molecular flexibility index (Phi) is 5.12. The van der Waals surface area contributed by atoms with Crippen LogP contribution in [0.4, 0.5) is 10.5 Å². The van der Waals surface area contributed by atoms with E-state index in [1.165, 1.54) is 7.11 Å². The smallest absolute Gasteiger partial charge is 0.480 e. The minimum Gasteiger partial charge on any atom is -0.480 e. The summed E-state index contributed by atoms with van der Waals surface area (Å²) in [6.45, 7) is 7.89. The predicted molar refractivity (Wildman–Crippen MR) is 103 cm³/mol. The third-order valence-corrected chi connectivity index (χ3v) is 4.78. The van der Waals surface area contributed by atoms with Crippen molar-refractivity contribution in [2.45, 2.75) is 38.9 Å². The Labute approximate surface area is 159 Å². The summed E-state index contributed by atoms with van der Waals surface area (Å²) in [5.74, 6) is 0.698. The lowest BCUT2D eigenvalue weighted by Crippen LogP contribution is -2.41. The maximum atomic E-state index is 12.2. The molecule has 142 valence electrons. The number of hydrogen-bond donors (Lipinski definition) is 1. The van der Waals surface area contributed by atoms with Crippen molar-refractivity contribution in [2.75, 3.05) is 12.4 Å².